The van der Waals surface area contributed by atoms with E-state index in [1.807, 2.05) is 0 Å². The molecular formula is C9H14N4O2. The molecule has 1 aliphatic heterocycles. The van der Waals surface area contributed by atoms with Gasteiger partial charge in [0, 0.05) is 26.3 Å². The van der Waals surface area contributed by atoms with Crippen LogP contribution in [0.25, 0.3) is 0 Å². The molecule has 2 heterocycles. The number of carbonyl (C=O) groups is 1. The fourth-order valence-electron chi connectivity index (χ4n) is 1.75. The number of anilines is 1. The van der Waals surface area contributed by atoms with E-state index in [-0.39, 0.29) is 11.6 Å². The number of rotatable bonds is 1. The van der Waals surface area contributed by atoms with Gasteiger partial charge in [-0.3, -0.25) is 9.48 Å². The number of aromatic nitrogens is 2. The molecule has 1 aromatic rings. The average molecular weight is 210 g/mol. The van der Waals surface area contributed by atoms with Gasteiger partial charge in [0.25, 0.3) is 5.91 Å². The molecule has 1 atom stereocenters. The molecule has 82 valence electrons. The number of nitrogens with two attached hydrogens (primary N) is 1. The smallest absolute Gasteiger partial charge is 0.276 e. The van der Waals surface area contributed by atoms with Crippen molar-refractivity contribution in [3.05, 3.63) is 11.9 Å². The first kappa shape index (κ1) is 9.97. The van der Waals surface area contributed by atoms with Crippen LogP contribution in [-0.4, -0.2) is 44.9 Å². The van der Waals surface area contributed by atoms with Crippen LogP contribution in [0.5, 0.6) is 0 Å². The Hall–Kier alpha value is -1.56. The molecule has 1 amide bonds. The number of β-amino-alcohol motifs (C(OH)–C–C–N with tert-alkyl or cyclic N) is 1. The number of nitrogens with zero attached hydrogens (tertiary/aromatic N) is 3. The highest BCUT2D eigenvalue weighted by molar-refractivity contribution is 5.97. The first-order valence-electron chi connectivity index (χ1n) is 4.84. The van der Waals surface area contributed by atoms with E-state index >= 15 is 0 Å². The Morgan fingerprint density at radius 1 is 1.73 bits per heavy atom. The Morgan fingerprint density at radius 2 is 2.47 bits per heavy atom. The van der Waals surface area contributed by atoms with Crippen molar-refractivity contribution in [3.8, 4) is 0 Å². The largest absolute Gasteiger partial charge is 0.396 e. The van der Waals surface area contributed by atoms with E-state index in [1.165, 1.54) is 4.68 Å². The molecule has 0 aromatic carbocycles. The lowest BCUT2D eigenvalue weighted by molar-refractivity contribution is 0.0759. The maximum Gasteiger partial charge on any atom is 0.276 e. The van der Waals surface area contributed by atoms with Crippen LogP contribution in [0.4, 0.5) is 5.69 Å². The minimum atomic E-state index is -0.418. The Morgan fingerprint density at radius 3 is 2.93 bits per heavy atom. The van der Waals surface area contributed by atoms with Gasteiger partial charge in [-0.05, 0) is 6.42 Å². The molecule has 1 fully saturated rings. The normalized spacial score (nSPS) is 20.9. The highest BCUT2D eigenvalue weighted by Gasteiger charge is 2.27. The van der Waals surface area contributed by atoms with Gasteiger partial charge in [0.05, 0.1) is 11.8 Å². The fourth-order valence-corrected chi connectivity index (χ4v) is 1.75. The van der Waals surface area contributed by atoms with Gasteiger partial charge in [-0.15, -0.1) is 0 Å². The van der Waals surface area contributed by atoms with Crippen molar-refractivity contribution in [3.63, 3.8) is 0 Å². The summed E-state index contributed by atoms with van der Waals surface area (Å²) in [5.74, 6) is -0.204. The van der Waals surface area contributed by atoms with Crippen molar-refractivity contribution in [2.75, 3.05) is 18.8 Å². The van der Waals surface area contributed by atoms with Crippen LogP contribution < -0.4 is 5.73 Å². The summed E-state index contributed by atoms with van der Waals surface area (Å²) in [6.07, 6.45) is 1.80. The maximum absolute atomic E-state index is 11.9. The third-order valence-electron chi connectivity index (χ3n) is 2.51. The molecule has 0 bridgehead atoms. The molecule has 0 aliphatic carbocycles. The minimum Gasteiger partial charge on any atom is -0.396 e. The summed E-state index contributed by atoms with van der Waals surface area (Å²) >= 11 is 0. The lowest BCUT2D eigenvalue weighted by Gasteiger charge is -2.13. The Balaban J connectivity index is 2.17. The standard InChI is InChI=1S/C9H14N4O2/c1-12-5-7(10)8(11-12)9(15)13-3-2-6(14)4-13/h5-6,14H,2-4,10H2,1H3. The fraction of sp³-hybridized carbons (Fsp3) is 0.556. The molecule has 6 nitrogen and oxygen atoms in total. The molecule has 6 heteroatoms. The van der Waals surface area contributed by atoms with Gasteiger partial charge in [-0.1, -0.05) is 0 Å². The molecule has 15 heavy (non-hydrogen) atoms. The van der Waals surface area contributed by atoms with E-state index < -0.39 is 6.10 Å². The van der Waals surface area contributed by atoms with E-state index in [9.17, 15) is 9.90 Å². The van der Waals surface area contributed by atoms with Crippen molar-refractivity contribution >= 4 is 11.6 Å². The van der Waals surface area contributed by atoms with Gasteiger partial charge in [-0.25, -0.2) is 0 Å². The third-order valence-corrected chi connectivity index (χ3v) is 2.51. The lowest BCUT2D eigenvalue weighted by Crippen LogP contribution is -2.30. The number of hydrogen-bond donors (Lipinski definition) is 2. The third kappa shape index (κ3) is 1.80. The molecular weight excluding hydrogens is 196 g/mol. The first-order chi connectivity index (χ1) is 7.08. The van der Waals surface area contributed by atoms with Crippen LogP contribution in [-0.2, 0) is 7.05 Å². The van der Waals surface area contributed by atoms with Gasteiger partial charge >= 0.3 is 0 Å². The topological polar surface area (TPSA) is 84.4 Å². The zero-order valence-electron chi connectivity index (χ0n) is 8.55. The zero-order valence-corrected chi connectivity index (χ0v) is 8.55. The van der Waals surface area contributed by atoms with E-state index in [1.54, 1.807) is 18.1 Å². The second-order valence-corrected chi connectivity index (χ2v) is 3.80. The number of amides is 1. The first-order valence-corrected chi connectivity index (χ1v) is 4.84. The zero-order chi connectivity index (χ0) is 11.0. The molecule has 1 aliphatic rings. The van der Waals surface area contributed by atoms with E-state index in [2.05, 4.69) is 5.10 Å². The van der Waals surface area contributed by atoms with E-state index in [4.69, 9.17) is 5.73 Å². The van der Waals surface area contributed by atoms with Gasteiger partial charge in [0.1, 0.15) is 0 Å². The summed E-state index contributed by atoms with van der Waals surface area (Å²) in [6.45, 7) is 0.935. The van der Waals surface area contributed by atoms with Crippen molar-refractivity contribution in [1.29, 1.82) is 0 Å². The summed E-state index contributed by atoms with van der Waals surface area (Å²) < 4.78 is 1.51. The molecule has 1 saturated heterocycles. The molecule has 1 aromatic heterocycles. The average Bonchev–Trinajstić information content (AvgIpc) is 2.71. The second-order valence-electron chi connectivity index (χ2n) is 3.80. The van der Waals surface area contributed by atoms with Crippen molar-refractivity contribution in [1.82, 2.24) is 14.7 Å². The molecule has 0 spiro atoms. The summed E-state index contributed by atoms with van der Waals surface area (Å²) in [5, 5.41) is 13.3. The Bertz CT molecular complexity index is 387. The van der Waals surface area contributed by atoms with Gasteiger partial charge in [-0.2, -0.15) is 5.10 Å². The van der Waals surface area contributed by atoms with Gasteiger partial charge in [0.2, 0.25) is 0 Å². The minimum absolute atomic E-state index is 0.204. The lowest BCUT2D eigenvalue weighted by atomic mass is 10.3. The predicted molar refractivity (Wildman–Crippen MR) is 54.1 cm³/mol. The number of carbonyl (C=O) groups excluding carboxylic acids is 1. The van der Waals surface area contributed by atoms with Crippen molar-refractivity contribution in [2.24, 2.45) is 7.05 Å². The molecule has 0 saturated carbocycles. The summed E-state index contributed by atoms with van der Waals surface area (Å²) in [4.78, 5) is 13.5. The Kier molecular flexibility index (Phi) is 2.36. The predicted octanol–water partition coefficient (Wildman–Crippen LogP) is -0.791. The number of aliphatic hydroxyl groups excluding tert-OH is 1. The van der Waals surface area contributed by atoms with E-state index in [0.717, 1.165) is 0 Å². The van der Waals surface area contributed by atoms with Crippen LogP contribution in [0.1, 0.15) is 16.9 Å². The molecule has 0 radical (unpaired) electrons. The summed E-state index contributed by atoms with van der Waals surface area (Å²) in [5.41, 5.74) is 6.30. The number of aryl methyl sites for hydroxylation is 1. The quantitative estimate of drug-likeness (QED) is 0.636. The molecule has 3 N–H and O–H groups in total. The van der Waals surface area contributed by atoms with Gasteiger partial charge in [0.15, 0.2) is 5.69 Å². The number of likely N-dealkylation sites (tertiary alicyclic amines) is 1. The molecule has 1 unspecified atom stereocenters. The maximum atomic E-state index is 11.9. The monoisotopic (exact) mass is 210 g/mol. The highest BCUT2D eigenvalue weighted by atomic mass is 16.3. The van der Waals surface area contributed by atoms with Crippen LogP contribution in [0.15, 0.2) is 6.20 Å². The summed E-state index contributed by atoms with van der Waals surface area (Å²) in [7, 11) is 1.71. The number of aliphatic hydroxyl groups is 1. The van der Waals surface area contributed by atoms with Crippen molar-refractivity contribution in [2.45, 2.75) is 12.5 Å². The highest BCUT2D eigenvalue weighted by Crippen LogP contribution is 2.16. The van der Waals surface area contributed by atoms with Crippen LogP contribution in [0.2, 0.25) is 0 Å². The second kappa shape index (κ2) is 3.54. The number of hydrogen-bond acceptors (Lipinski definition) is 4. The summed E-state index contributed by atoms with van der Waals surface area (Å²) in [6, 6.07) is 0. The van der Waals surface area contributed by atoms with Crippen LogP contribution >= 0.6 is 0 Å². The van der Waals surface area contributed by atoms with Crippen LogP contribution in [0.3, 0.4) is 0 Å². The van der Waals surface area contributed by atoms with Gasteiger partial charge < -0.3 is 15.7 Å². The van der Waals surface area contributed by atoms with Crippen molar-refractivity contribution < 1.29 is 9.90 Å². The number of nitrogen functional groups attached to an aromatic ring is 1. The van der Waals surface area contributed by atoms with Crippen LogP contribution in [0, 0.1) is 0 Å². The SMILES string of the molecule is Cn1cc(N)c(C(=O)N2CCC(O)C2)n1. The Labute approximate surface area is 87.3 Å². The molecule has 2 rings (SSSR count). The van der Waals surface area contributed by atoms with E-state index in [0.29, 0.717) is 25.2 Å².